The maximum atomic E-state index is 5.82. The van der Waals surface area contributed by atoms with Crippen LogP contribution in [0.15, 0.2) is 0 Å². The molecule has 0 spiro atoms. The molecule has 2 atom stereocenters. The molecule has 158 valence electrons. The average Bonchev–Trinajstić information content (AvgIpc) is 2.66. The summed E-state index contributed by atoms with van der Waals surface area (Å²) in [7, 11) is 0. The first-order valence-corrected chi connectivity index (χ1v) is 11.5. The van der Waals surface area contributed by atoms with Gasteiger partial charge in [-0.15, -0.1) is 0 Å². The maximum Gasteiger partial charge on any atom is 0.0107 e. The van der Waals surface area contributed by atoms with Gasteiger partial charge in [0.25, 0.3) is 0 Å². The quantitative estimate of drug-likeness (QED) is 0.285. The van der Waals surface area contributed by atoms with Gasteiger partial charge in [-0.2, -0.15) is 0 Å². The van der Waals surface area contributed by atoms with Crippen LogP contribution in [0.25, 0.3) is 0 Å². The van der Waals surface area contributed by atoms with Crippen molar-refractivity contribution in [2.45, 2.75) is 79.1 Å². The first kappa shape index (κ1) is 25.8. The number of hydrogen-bond acceptors (Lipinski definition) is 4. The van der Waals surface area contributed by atoms with E-state index in [4.69, 9.17) is 5.73 Å². The molecule has 4 nitrogen and oxygen atoms in total. The van der Waals surface area contributed by atoms with Crippen LogP contribution in [-0.2, 0) is 0 Å². The van der Waals surface area contributed by atoms with Gasteiger partial charge < -0.3 is 21.3 Å². The van der Waals surface area contributed by atoms with Gasteiger partial charge in [-0.1, -0.05) is 66.2 Å². The molecule has 0 fully saturated rings. The Bertz CT molecular complexity index is 273. The molecule has 0 bridgehead atoms. The van der Waals surface area contributed by atoms with Gasteiger partial charge in [-0.25, -0.2) is 0 Å². The first-order chi connectivity index (χ1) is 12.7. The average molecular weight is 371 g/mol. The second kappa shape index (κ2) is 19.6. The van der Waals surface area contributed by atoms with Crippen molar-refractivity contribution in [2.24, 2.45) is 17.6 Å². The number of nitrogens with one attached hydrogen (secondary N) is 2. The second-order valence-electron chi connectivity index (χ2n) is 7.88. The van der Waals surface area contributed by atoms with Gasteiger partial charge in [0.05, 0.1) is 0 Å². The van der Waals surface area contributed by atoms with Crippen molar-refractivity contribution < 1.29 is 0 Å². The van der Waals surface area contributed by atoms with Gasteiger partial charge in [-0.05, 0) is 31.2 Å². The minimum Gasteiger partial charge on any atom is -0.329 e. The van der Waals surface area contributed by atoms with E-state index >= 15 is 0 Å². The minimum absolute atomic E-state index is 0.766. The highest BCUT2D eigenvalue weighted by Crippen LogP contribution is 2.14. The zero-order valence-corrected chi connectivity index (χ0v) is 18.5. The van der Waals surface area contributed by atoms with E-state index in [2.05, 4.69) is 43.2 Å². The van der Waals surface area contributed by atoms with Crippen molar-refractivity contribution in [1.29, 1.82) is 0 Å². The van der Waals surface area contributed by atoms with E-state index in [0.717, 1.165) is 51.1 Å². The number of nitrogens with two attached hydrogens (primary N) is 1. The molecular weight excluding hydrogens is 320 g/mol. The standard InChI is InChI=1S/C22H50N4/c1-5-9-11-21(7-3)19-25-15-14-24-16-18-26(17-13-23)20-22(8-4)12-10-6-2/h21-22,24-25H,5-20,23H2,1-4H3. The molecule has 0 aliphatic heterocycles. The Labute approximate surface area is 165 Å². The van der Waals surface area contributed by atoms with E-state index in [1.807, 2.05) is 0 Å². The lowest BCUT2D eigenvalue weighted by atomic mass is 9.98. The summed E-state index contributed by atoms with van der Waals surface area (Å²) in [5, 5.41) is 7.23. The molecule has 26 heavy (non-hydrogen) atoms. The fraction of sp³-hybridized carbons (Fsp3) is 1.00. The molecule has 0 aliphatic rings. The molecule has 4 N–H and O–H groups in total. The molecule has 0 heterocycles. The summed E-state index contributed by atoms with van der Waals surface area (Å²) < 4.78 is 0. The molecular formula is C22H50N4. The van der Waals surface area contributed by atoms with Crippen molar-refractivity contribution in [1.82, 2.24) is 15.5 Å². The molecule has 4 heteroatoms. The normalized spacial score (nSPS) is 14.1. The number of rotatable bonds is 20. The third-order valence-electron chi connectivity index (χ3n) is 5.56. The van der Waals surface area contributed by atoms with E-state index in [1.54, 1.807) is 0 Å². The smallest absolute Gasteiger partial charge is 0.0107 e. The van der Waals surface area contributed by atoms with Crippen molar-refractivity contribution in [2.75, 3.05) is 52.4 Å². The van der Waals surface area contributed by atoms with Crippen LogP contribution < -0.4 is 16.4 Å². The highest BCUT2D eigenvalue weighted by atomic mass is 15.1. The molecule has 0 saturated heterocycles. The summed E-state index contributed by atoms with van der Waals surface area (Å²) in [6, 6.07) is 0. The molecule has 0 amide bonds. The Morgan fingerprint density at radius 2 is 1.38 bits per heavy atom. The monoisotopic (exact) mass is 370 g/mol. The topological polar surface area (TPSA) is 53.3 Å². The van der Waals surface area contributed by atoms with Crippen LogP contribution in [0.1, 0.15) is 79.1 Å². The molecule has 0 rings (SSSR count). The third kappa shape index (κ3) is 15.0. The zero-order valence-electron chi connectivity index (χ0n) is 18.5. The summed E-state index contributed by atoms with van der Waals surface area (Å²) in [4.78, 5) is 2.56. The molecule has 0 aromatic carbocycles. The van der Waals surface area contributed by atoms with Crippen LogP contribution in [-0.4, -0.2) is 57.3 Å². The van der Waals surface area contributed by atoms with E-state index < -0.39 is 0 Å². The van der Waals surface area contributed by atoms with Crippen molar-refractivity contribution in [3.05, 3.63) is 0 Å². The Morgan fingerprint density at radius 3 is 1.96 bits per heavy atom. The van der Waals surface area contributed by atoms with Crippen LogP contribution in [0.2, 0.25) is 0 Å². The molecule has 2 unspecified atom stereocenters. The number of unbranched alkanes of at least 4 members (excludes halogenated alkanes) is 2. The highest BCUT2D eigenvalue weighted by Gasteiger charge is 2.11. The molecule has 0 aromatic heterocycles. The second-order valence-corrected chi connectivity index (χ2v) is 7.88. The van der Waals surface area contributed by atoms with Gasteiger partial charge >= 0.3 is 0 Å². The highest BCUT2D eigenvalue weighted by molar-refractivity contribution is 4.68. The lowest BCUT2D eigenvalue weighted by Crippen LogP contribution is -2.40. The van der Waals surface area contributed by atoms with Crippen molar-refractivity contribution >= 4 is 0 Å². The largest absolute Gasteiger partial charge is 0.329 e. The van der Waals surface area contributed by atoms with Crippen LogP contribution in [0, 0.1) is 11.8 Å². The van der Waals surface area contributed by atoms with Crippen molar-refractivity contribution in [3.63, 3.8) is 0 Å². The van der Waals surface area contributed by atoms with Gasteiger partial charge in [0.1, 0.15) is 0 Å². The lowest BCUT2D eigenvalue weighted by Gasteiger charge is -2.27. The maximum absolute atomic E-state index is 5.82. The Hall–Kier alpha value is -0.160. The number of hydrogen-bond donors (Lipinski definition) is 3. The minimum atomic E-state index is 0.766. The summed E-state index contributed by atoms with van der Waals surface area (Å²) in [6.45, 7) is 17.7. The molecule has 0 aliphatic carbocycles. The molecule has 0 radical (unpaired) electrons. The van der Waals surface area contributed by atoms with E-state index in [1.165, 1.54) is 64.5 Å². The summed E-state index contributed by atoms with van der Waals surface area (Å²) in [5.41, 5.74) is 5.82. The Kier molecular flexibility index (Phi) is 19.5. The molecule has 0 aromatic rings. The molecule has 0 saturated carbocycles. The van der Waals surface area contributed by atoms with Crippen molar-refractivity contribution in [3.8, 4) is 0 Å². The van der Waals surface area contributed by atoms with Gasteiger partial charge in [0, 0.05) is 45.8 Å². The summed E-state index contributed by atoms with van der Waals surface area (Å²) in [5.74, 6) is 1.68. The fourth-order valence-corrected chi connectivity index (χ4v) is 3.55. The van der Waals surface area contributed by atoms with Crippen LogP contribution in [0.4, 0.5) is 0 Å². The van der Waals surface area contributed by atoms with E-state index in [9.17, 15) is 0 Å². The summed E-state index contributed by atoms with van der Waals surface area (Å²) >= 11 is 0. The number of nitrogens with zero attached hydrogens (tertiary/aromatic N) is 1. The SMILES string of the molecule is CCCCC(CC)CNCCNCCN(CCN)CC(CC)CCCC. The van der Waals surface area contributed by atoms with Crippen LogP contribution >= 0.6 is 0 Å². The Balaban J connectivity index is 3.81. The van der Waals surface area contributed by atoms with Crippen LogP contribution in [0.5, 0.6) is 0 Å². The van der Waals surface area contributed by atoms with Gasteiger partial charge in [0.15, 0.2) is 0 Å². The van der Waals surface area contributed by atoms with Crippen LogP contribution in [0.3, 0.4) is 0 Å². The third-order valence-corrected chi connectivity index (χ3v) is 5.56. The van der Waals surface area contributed by atoms with Gasteiger partial charge in [0.2, 0.25) is 0 Å². The Morgan fingerprint density at radius 1 is 0.769 bits per heavy atom. The van der Waals surface area contributed by atoms with Gasteiger partial charge in [-0.3, -0.25) is 0 Å². The lowest BCUT2D eigenvalue weighted by molar-refractivity contribution is 0.224. The first-order valence-electron chi connectivity index (χ1n) is 11.5. The zero-order chi connectivity index (χ0) is 19.5. The predicted molar refractivity (Wildman–Crippen MR) is 118 cm³/mol. The van der Waals surface area contributed by atoms with E-state index in [0.29, 0.717) is 0 Å². The predicted octanol–water partition coefficient (Wildman–Crippen LogP) is 3.86. The van der Waals surface area contributed by atoms with E-state index in [-0.39, 0.29) is 0 Å². The summed E-state index contributed by atoms with van der Waals surface area (Å²) in [6.07, 6.45) is 10.7. The fourth-order valence-electron chi connectivity index (χ4n) is 3.55.